The summed E-state index contributed by atoms with van der Waals surface area (Å²) in [5.41, 5.74) is 27.5. The van der Waals surface area contributed by atoms with Gasteiger partial charge in [-0.25, -0.2) is 4.79 Å². The van der Waals surface area contributed by atoms with Crippen molar-refractivity contribution in [2.24, 2.45) is 45.5 Å². The molecule has 28 heteroatoms. The highest BCUT2D eigenvalue weighted by Crippen LogP contribution is 2.11. The Hall–Kier alpha value is -6.68. The number of nitrogens with one attached hydrogen (secondary N) is 8. The summed E-state index contributed by atoms with van der Waals surface area (Å²) < 4.78 is 0. The molecule has 0 fully saturated rings. The zero-order valence-corrected chi connectivity index (χ0v) is 41.2. The summed E-state index contributed by atoms with van der Waals surface area (Å²) in [7, 11) is 0. The first-order chi connectivity index (χ1) is 32.9. The molecule has 0 spiro atoms. The molecule has 0 saturated carbocycles. The van der Waals surface area contributed by atoms with Crippen LogP contribution in [0.25, 0.3) is 0 Å². The minimum Gasteiger partial charge on any atom is -0.480 e. The molecular weight excluding hydrogens is 957 g/mol. The number of aliphatic imine (C=N–C) groups is 1. The second kappa shape index (κ2) is 31.4. The Balaban J connectivity index is 3.52. The van der Waals surface area contributed by atoms with Gasteiger partial charge in [0.05, 0.1) is 19.4 Å². The molecule has 1 aromatic carbocycles. The van der Waals surface area contributed by atoms with Crippen LogP contribution in [0.1, 0.15) is 65.4 Å². The fourth-order valence-electron chi connectivity index (χ4n) is 6.37. The zero-order chi connectivity index (χ0) is 53.2. The smallest absolute Gasteiger partial charge is 0.326 e. The van der Waals surface area contributed by atoms with E-state index in [1.165, 1.54) is 0 Å². The third-order valence-corrected chi connectivity index (χ3v) is 11.2. The number of guanidine groups is 1. The number of carboxylic acids is 1. The lowest BCUT2D eigenvalue weighted by atomic mass is 9.99. The van der Waals surface area contributed by atoms with Crippen molar-refractivity contribution >= 4 is 96.3 Å². The van der Waals surface area contributed by atoms with E-state index in [0.717, 1.165) is 0 Å². The van der Waals surface area contributed by atoms with Crippen LogP contribution in [0.2, 0.25) is 0 Å². The number of carbonyl (C=O) groups excluding carboxylic acids is 10. The van der Waals surface area contributed by atoms with Crippen molar-refractivity contribution in [3.05, 3.63) is 35.9 Å². The Bertz CT molecular complexity index is 2030. The Morgan fingerprint density at radius 1 is 0.586 bits per heavy atom. The summed E-state index contributed by atoms with van der Waals surface area (Å²) in [5, 5.41) is 29.0. The van der Waals surface area contributed by atoms with E-state index < -0.39 is 145 Å². The average molecular weight is 1030 g/mol. The molecule has 1 rings (SSSR count). The van der Waals surface area contributed by atoms with Gasteiger partial charge in [0.25, 0.3) is 0 Å². The highest BCUT2D eigenvalue weighted by atomic mass is 32.1. The van der Waals surface area contributed by atoms with Gasteiger partial charge in [0, 0.05) is 24.5 Å². The van der Waals surface area contributed by atoms with E-state index in [1.807, 2.05) is 0 Å². The van der Waals surface area contributed by atoms with Crippen molar-refractivity contribution in [3.8, 4) is 0 Å². The van der Waals surface area contributed by atoms with Crippen molar-refractivity contribution in [1.82, 2.24) is 42.5 Å². The highest BCUT2D eigenvalue weighted by Gasteiger charge is 2.36. The van der Waals surface area contributed by atoms with Crippen LogP contribution in [0.3, 0.4) is 0 Å². The molecule has 1 aromatic rings. The SMILES string of the molecule is CC[C@H](C)[C@H](NC(=O)[C@H](CS)NC(=O)[C@@H](NC(=O)[C@H](CC(N)=O)NC(=O)[C@H](Cc1ccccc1)NC(=O)[C@H](CCCN=C(N)N)NC(=O)[C@H](CS)NC(=O)[C@H](CC(N)=O)NC(=O)CN)C(C)C)C(=O)O. The minimum absolute atomic E-state index is 0.0104. The molecule has 70 heavy (non-hydrogen) atoms. The van der Waals surface area contributed by atoms with Crippen LogP contribution in [0, 0.1) is 11.8 Å². The van der Waals surface area contributed by atoms with Crippen molar-refractivity contribution in [1.29, 1.82) is 0 Å². The van der Waals surface area contributed by atoms with E-state index in [-0.39, 0.29) is 43.3 Å². The second-order valence-electron chi connectivity index (χ2n) is 16.4. The summed E-state index contributed by atoms with van der Waals surface area (Å²) in [4.78, 5) is 147. The second-order valence-corrected chi connectivity index (χ2v) is 17.1. The average Bonchev–Trinajstić information content (AvgIpc) is 3.29. The number of hydrogen-bond acceptors (Lipinski definition) is 15. The Morgan fingerprint density at radius 3 is 1.50 bits per heavy atom. The molecule has 19 N–H and O–H groups in total. The predicted molar refractivity (Wildman–Crippen MR) is 262 cm³/mol. The summed E-state index contributed by atoms with van der Waals surface area (Å²) in [6.07, 6.45) is -1.31. The molecule has 10 amide bonds. The molecule has 0 unspecified atom stereocenters. The molecule has 0 radical (unpaired) electrons. The van der Waals surface area contributed by atoms with Gasteiger partial charge in [-0.3, -0.25) is 52.9 Å². The maximum absolute atomic E-state index is 14.2. The summed E-state index contributed by atoms with van der Waals surface area (Å²) in [6.45, 7) is 5.93. The van der Waals surface area contributed by atoms with Crippen molar-refractivity contribution in [3.63, 3.8) is 0 Å². The Labute approximate surface area is 415 Å². The highest BCUT2D eigenvalue weighted by molar-refractivity contribution is 7.80. The van der Waals surface area contributed by atoms with E-state index in [4.69, 9.17) is 28.7 Å². The molecule has 0 heterocycles. The third kappa shape index (κ3) is 22.2. The monoisotopic (exact) mass is 1020 g/mol. The predicted octanol–water partition coefficient (Wildman–Crippen LogP) is -5.48. The van der Waals surface area contributed by atoms with Crippen molar-refractivity contribution < 1.29 is 57.8 Å². The van der Waals surface area contributed by atoms with Crippen LogP contribution in [0.15, 0.2) is 35.3 Å². The number of carboxylic acid groups (broad SMARTS) is 1. The van der Waals surface area contributed by atoms with Crippen LogP contribution in [-0.4, -0.2) is 149 Å². The summed E-state index contributed by atoms with van der Waals surface area (Å²) in [6, 6.07) is -3.48. The van der Waals surface area contributed by atoms with Crippen molar-refractivity contribution in [2.45, 2.75) is 115 Å². The molecule has 0 bridgehead atoms. The van der Waals surface area contributed by atoms with E-state index in [1.54, 1.807) is 58.0 Å². The maximum atomic E-state index is 14.2. The molecule has 9 atom stereocenters. The minimum atomic E-state index is -1.74. The van der Waals surface area contributed by atoms with E-state index >= 15 is 0 Å². The van der Waals surface area contributed by atoms with Crippen LogP contribution < -0.4 is 71.2 Å². The van der Waals surface area contributed by atoms with Crippen molar-refractivity contribution in [2.75, 3.05) is 24.6 Å². The van der Waals surface area contributed by atoms with Gasteiger partial charge < -0.3 is 76.3 Å². The van der Waals surface area contributed by atoms with Gasteiger partial charge in [0.2, 0.25) is 59.1 Å². The number of aliphatic carboxylic acids is 1. The number of benzene rings is 1. The number of primary amides is 2. The van der Waals surface area contributed by atoms with E-state index in [0.29, 0.717) is 12.0 Å². The fourth-order valence-corrected chi connectivity index (χ4v) is 6.88. The normalized spacial score (nSPS) is 14.7. The lowest BCUT2D eigenvalue weighted by Gasteiger charge is -2.29. The third-order valence-electron chi connectivity index (χ3n) is 10.4. The van der Waals surface area contributed by atoms with E-state index in [9.17, 15) is 57.8 Å². The van der Waals surface area contributed by atoms with Crippen LogP contribution in [0.5, 0.6) is 0 Å². The van der Waals surface area contributed by atoms with Crippen LogP contribution in [-0.2, 0) is 59.2 Å². The maximum Gasteiger partial charge on any atom is 0.326 e. The van der Waals surface area contributed by atoms with E-state index in [2.05, 4.69) is 72.8 Å². The number of nitrogens with zero attached hydrogens (tertiary/aromatic N) is 1. The van der Waals surface area contributed by atoms with Gasteiger partial charge >= 0.3 is 5.97 Å². The molecule has 26 nitrogen and oxygen atoms in total. The topological polar surface area (TPSA) is 447 Å². The molecule has 0 aliphatic heterocycles. The number of hydrogen-bond donors (Lipinski definition) is 16. The molecule has 0 aliphatic rings. The van der Waals surface area contributed by atoms with Gasteiger partial charge in [0.15, 0.2) is 5.96 Å². The molecule has 0 saturated heterocycles. The van der Waals surface area contributed by atoms with Crippen LogP contribution >= 0.6 is 25.3 Å². The number of thiol groups is 2. The first-order valence-corrected chi connectivity index (χ1v) is 23.4. The first kappa shape index (κ1) is 61.3. The lowest BCUT2D eigenvalue weighted by molar-refractivity contribution is -0.143. The fraction of sp³-hybridized carbons (Fsp3) is 0.571. The number of carbonyl (C=O) groups is 11. The first-order valence-electron chi connectivity index (χ1n) is 22.1. The molecular formula is C42H68N14O12S2. The number of rotatable bonds is 32. The molecule has 0 aromatic heterocycles. The quantitative estimate of drug-likeness (QED) is 0.0139. The van der Waals surface area contributed by atoms with Gasteiger partial charge in [-0.05, 0) is 30.2 Å². The number of amides is 10. The molecule has 0 aliphatic carbocycles. The Kier molecular flexibility index (Phi) is 27.6. The van der Waals surface area contributed by atoms with Gasteiger partial charge in [-0.15, -0.1) is 0 Å². The molecule has 390 valence electrons. The van der Waals surface area contributed by atoms with Gasteiger partial charge in [-0.1, -0.05) is 64.4 Å². The largest absolute Gasteiger partial charge is 0.480 e. The zero-order valence-electron chi connectivity index (χ0n) is 39.4. The number of nitrogens with two attached hydrogens (primary N) is 5. The van der Waals surface area contributed by atoms with Gasteiger partial charge in [-0.2, -0.15) is 25.3 Å². The van der Waals surface area contributed by atoms with Gasteiger partial charge in [0.1, 0.15) is 48.3 Å². The lowest BCUT2D eigenvalue weighted by Crippen LogP contribution is -2.61. The van der Waals surface area contributed by atoms with Crippen LogP contribution in [0.4, 0.5) is 0 Å². The summed E-state index contributed by atoms with van der Waals surface area (Å²) >= 11 is 8.29. The summed E-state index contributed by atoms with van der Waals surface area (Å²) in [5.74, 6) is -12.8. The standard InChI is InChI=1S/C42H68N14O12S2/c1-5-21(4)33(41(67)68)56-39(65)28(19-70)54-40(66)32(20(2)3)55-37(63)26(16-30(45)58)52-35(61)24(14-22-10-7-6-8-11-22)51-34(60)23(12-9-13-48-42(46)47)50-38(64)27(18-69)53-36(62)25(15-29(44)57)49-31(59)17-43/h6-8,10-11,20-21,23-28,32-33,69-70H,5,9,12-19,43H2,1-4H3,(H2,44,57)(H2,45,58)(H,49,59)(H,50,64)(H,51,60)(H,52,61)(H,53,62)(H,54,66)(H,55,63)(H,56,65)(H,67,68)(H4,46,47,48)/t21-,23-,24-,25-,26-,27-,28-,32-,33-/m0/s1. The Morgan fingerprint density at radius 2 is 1.01 bits per heavy atom.